The minimum atomic E-state index is 0.295. The van der Waals surface area contributed by atoms with Crippen LogP contribution in [0.3, 0.4) is 0 Å². The summed E-state index contributed by atoms with van der Waals surface area (Å²) in [5.41, 5.74) is 7.79. The van der Waals surface area contributed by atoms with Crippen LogP contribution in [0.15, 0.2) is 17.4 Å². The number of nitrogens with two attached hydrogens (primary N) is 1. The summed E-state index contributed by atoms with van der Waals surface area (Å²) in [4.78, 5) is 11.0. The van der Waals surface area contributed by atoms with Crippen molar-refractivity contribution >= 4 is 23.5 Å². The molecule has 2 aromatic rings. The summed E-state index contributed by atoms with van der Waals surface area (Å²) in [7, 11) is 0. The normalized spacial score (nSPS) is 15.6. The Balaban J connectivity index is 2.13. The fourth-order valence-corrected chi connectivity index (χ4v) is 2.83. The number of anilines is 2. The average molecular weight is 292 g/mol. The van der Waals surface area contributed by atoms with Gasteiger partial charge in [-0.2, -0.15) is 10.1 Å². The molecule has 0 aromatic carbocycles. The standard InChI is InChI=1S/C12H16N6OS/c1-20-11-9(8-6-14-15-7-8)10(16-12(13)17-11)18-2-4-19-5-3-18/h6-7H,2-5H2,1H3,(H,14,15)(H2,13,16,17). The van der Waals surface area contributed by atoms with Gasteiger partial charge in [0, 0.05) is 24.8 Å². The predicted octanol–water partition coefficient (Wildman–Crippen LogP) is 1.01. The molecule has 3 N–H and O–H groups in total. The molecule has 8 heteroatoms. The Kier molecular flexibility index (Phi) is 3.75. The Labute approximate surface area is 120 Å². The lowest BCUT2D eigenvalue weighted by Crippen LogP contribution is -2.37. The average Bonchev–Trinajstić information content (AvgIpc) is 3.01. The van der Waals surface area contributed by atoms with Gasteiger partial charge in [0.25, 0.3) is 0 Å². The zero-order valence-corrected chi connectivity index (χ0v) is 12.0. The fraction of sp³-hybridized carbons (Fsp3) is 0.417. The molecule has 0 aliphatic carbocycles. The van der Waals surface area contributed by atoms with Crippen molar-refractivity contribution in [1.29, 1.82) is 0 Å². The molecule has 0 amide bonds. The van der Waals surface area contributed by atoms with E-state index in [9.17, 15) is 0 Å². The van der Waals surface area contributed by atoms with Crippen LogP contribution in [-0.4, -0.2) is 52.7 Å². The van der Waals surface area contributed by atoms with Crippen molar-refractivity contribution in [3.05, 3.63) is 12.4 Å². The Morgan fingerprint density at radius 1 is 1.35 bits per heavy atom. The van der Waals surface area contributed by atoms with Gasteiger partial charge in [-0.05, 0) is 6.26 Å². The van der Waals surface area contributed by atoms with Gasteiger partial charge in [-0.1, -0.05) is 0 Å². The number of hydrogen-bond acceptors (Lipinski definition) is 7. The van der Waals surface area contributed by atoms with Crippen molar-refractivity contribution in [2.24, 2.45) is 0 Å². The topological polar surface area (TPSA) is 92.9 Å². The summed E-state index contributed by atoms with van der Waals surface area (Å²) in [6, 6.07) is 0. The Hall–Kier alpha value is -1.80. The molecule has 1 saturated heterocycles. The molecule has 0 bridgehead atoms. The van der Waals surface area contributed by atoms with Gasteiger partial charge in [0.2, 0.25) is 5.95 Å². The van der Waals surface area contributed by atoms with E-state index in [4.69, 9.17) is 10.5 Å². The summed E-state index contributed by atoms with van der Waals surface area (Å²) >= 11 is 1.56. The second-order valence-electron chi connectivity index (χ2n) is 4.38. The third-order valence-electron chi connectivity index (χ3n) is 3.16. The first kappa shape index (κ1) is 13.2. The molecule has 3 rings (SSSR count). The highest BCUT2D eigenvalue weighted by atomic mass is 32.2. The predicted molar refractivity (Wildman–Crippen MR) is 78.8 cm³/mol. The first-order valence-electron chi connectivity index (χ1n) is 6.33. The summed E-state index contributed by atoms with van der Waals surface area (Å²) in [5, 5.41) is 7.71. The van der Waals surface area contributed by atoms with Gasteiger partial charge < -0.3 is 15.4 Å². The van der Waals surface area contributed by atoms with E-state index >= 15 is 0 Å². The number of ether oxygens (including phenoxy) is 1. The number of H-pyrrole nitrogens is 1. The number of aromatic nitrogens is 4. The second kappa shape index (κ2) is 5.68. The van der Waals surface area contributed by atoms with Crippen molar-refractivity contribution in [3.63, 3.8) is 0 Å². The van der Waals surface area contributed by atoms with Gasteiger partial charge in [0.1, 0.15) is 10.8 Å². The molecule has 0 unspecified atom stereocenters. The highest BCUT2D eigenvalue weighted by molar-refractivity contribution is 7.98. The van der Waals surface area contributed by atoms with E-state index in [-0.39, 0.29) is 0 Å². The van der Waals surface area contributed by atoms with Crippen molar-refractivity contribution < 1.29 is 4.74 Å². The van der Waals surface area contributed by atoms with Crippen LogP contribution in [0, 0.1) is 0 Å². The molecule has 2 aromatic heterocycles. The zero-order chi connectivity index (χ0) is 13.9. The molecule has 20 heavy (non-hydrogen) atoms. The maximum absolute atomic E-state index is 5.85. The molecule has 0 atom stereocenters. The first-order valence-corrected chi connectivity index (χ1v) is 7.55. The molecule has 1 aliphatic heterocycles. The molecule has 0 saturated carbocycles. The number of rotatable bonds is 3. The van der Waals surface area contributed by atoms with Crippen LogP contribution in [-0.2, 0) is 4.74 Å². The van der Waals surface area contributed by atoms with Crippen molar-refractivity contribution in [3.8, 4) is 11.1 Å². The largest absolute Gasteiger partial charge is 0.378 e. The lowest BCUT2D eigenvalue weighted by molar-refractivity contribution is 0.122. The molecular weight excluding hydrogens is 276 g/mol. The van der Waals surface area contributed by atoms with Gasteiger partial charge in [-0.15, -0.1) is 11.8 Å². The maximum Gasteiger partial charge on any atom is 0.223 e. The van der Waals surface area contributed by atoms with Crippen LogP contribution in [0.25, 0.3) is 11.1 Å². The quantitative estimate of drug-likeness (QED) is 0.644. The summed E-state index contributed by atoms with van der Waals surface area (Å²) in [5.74, 6) is 1.15. The lowest BCUT2D eigenvalue weighted by atomic mass is 10.1. The Morgan fingerprint density at radius 2 is 2.15 bits per heavy atom. The number of aromatic amines is 1. The van der Waals surface area contributed by atoms with Crippen LogP contribution in [0.4, 0.5) is 11.8 Å². The van der Waals surface area contributed by atoms with Gasteiger partial charge in [0.05, 0.1) is 25.0 Å². The van der Waals surface area contributed by atoms with E-state index in [0.717, 1.165) is 35.1 Å². The van der Waals surface area contributed by atoms with Gasteiger partial charge >= 0.3 is 0 Å². The Morgan fingerprint density at radius 3 is 2.80 bits per heavy atom. The molecule has 0 radical (unpaired) electrons. The fourth-order valence-electron chi connectivity index (χ4n) is 2.24. The molecule has 1 fully saturated rings. The number of hydrogen-bond donors (Lipinski definition) is 2. The van der Waals surface area contributed by atoms with Crippen LogP contribution in [0.2, 0.25) is 0 Å². The highest BCUT2D eigenvalue weighted by Gasteiger charge is 2.22. The number of nitrogen functional groups attached to an aromatic ring is 1. The monoisotopic (exact) mass is 292 g/mol. The smallest absolute Gasteiger partial charge is 0.223 e. The Bertz CT molecular complexity index is 582. The van der Waals surface area contributed by atoms with E-state index in [2.05, 4.69) is 25.1 Å². The summed E-state index contributed by atoms with van der Waals surface area (Å²) in [6.45, 7) is 3.00. The highest BCUT2D eigenvalue weighted by Crippen LogP contribution is 2.36. The van der Waals surface area contributed by atoms with Crippen LogP contribution in [0.1, 0.15) is 0 Å². The molecule has 3 heterocycles. The minimum Gasteiger partial charge on any atom is -0.378 e. The van der Waals surface area contributed by atoms with E-state index in [1.165, 1.54) is 0 Å². The van der Waals surface area contributed by atoms with Crippen LogP contribution in [0.5, 0.6) is 0 Å². The molecule has 1 aliphatic rings. The number of morpholine rings is 1. The number of nitrogens with one attached hydrogen (secondary N) is 1. The molecule has 106 valence electrons. The van der Waals surface area contributed by atoms with E-state index in [0.29, 0.717) is 19.2 Å². The van der Waals surface area contributed by atoms with E-state index in [1.54, 1.807) is 18.0 Å². The summed E-state index contributed by atoms with van der Waals surface area (Å²) in [6.07, 6.45) is 5.60. The molecular formula is C12H16N6OS. The zero-order valence-electron chi connectivity index (χ0n) is 11.2. The lowest BCUT2D eigenvalue weighted by Gasteiger charge is -2.29. The number of nitrogens with zero attached hydrogens (tertiary/aromatic N) is 4. The van der Waals surface area contributed by atoms with Crippen LogP contribution >= 0.6 is 11.8 Å². The third-order valence-corrected chi connectivity index (χ3v) is 3.85. The van der Waals surface area contributed by atoms with Crippen molar-refractivity contribution in [1.82, 2.24) is 20.2 Å². The van der Waals surface area contributed by atoms with Gasteiger partial charge in [0.15, 0.2) is 0 Å². The van der Waals surface area contributed by atoms with E-state index in [1.807, 2.05) is 12.5 Å². The van der Waals surface area contributed by atoms with Gasteiger partial charge in [-0.3, -0.25) is 5.10 Å². The SMILES string of the molecule is CSc1nc(N)nc(N2CCOCC2)c1-c1cn[nH]c1. The van der Waals surface area contributed by atoms with E-state index < -0.39 is 0 Å². The summed E-state index contributed by atoms with van der Waals surface area (Å²) < 4.78 is 5.40. The number of thioether (sulfide) groups is 1. The van der Waals surface area contributed by atoms with Crippen LogP contribution < -0.4 is 10.6 Å². The second-order valence-corrected chi connectivity index (χ2v) is 5.17. The van der Waals surface area contributed by atoms with Crippen molar-refractivity contribution in [2.75, 3.05) is 43.2 Å². The first-order chi connectivity index (χ1) is 9.79. The molecule has 0 spiro atoms. The molecule has 7 nitrogen and oxygen atoms in total. The van der Waals surface area contributed by atoms with Crippen molar-refractivity contribution in [2.45, 2.75) is 5.03 Å². The maximum atomic E-state index is 5.85. The van der Waals surface area contributed by atoms with Gasteiger partial charge in [-0.25, -0.2) is 4.98 Å². The third kappa shape index (κ3) is 2.44. The minimum absolute atomic E-state index is 0.295.